The molecule has 0 N–H and O–H groups in total. The highest BCUT2D eigenvalue weighted by Gasteiger charge is 2.27. The maximum atomic E-state index is 4.72. The molecule has 7 aromatic rings. The number of nitrogens with zero attached hydrogens (tertiary/aromatic N) is 2. The summed E-state index contributed by atoms with van der Waals surface area (Å²) < 4.78 is 0. The highest BCUT2D eigenvalue weighted by atomic mass is 15.2. The van der Waals surface area contributed by atoms with Crippen LogP contribution in [-0.4, -0.2) is 13.1 Å². The largest absolute Gasteiger partial charge is 0.337 e. The minimum atomic E-state index is 0.708. The first-order chi connectivity index (χ1) is 37.4. The number of hydrogen-bond donors (Lipinski definition) is 0. The van der Waals surface area contributed by atoms with Crippen LogP contribution < -0.4 is 9.80 Å². The molecular formula is C75H84N2. The first-order valence-electron chi connectivity index (χ1n) is 27.3. The van der Waals surface area contributed by atoms with Crippen LogP contribution in [0.5, 0.6) is 0 Å². The average molecular weight is 1010 g/mol. The summed E-state index contributed by atoms with van der Waals surface area (Å²) in [5.74, 6) is 2.25. The molecule has 0 atom stereocenters. The predicted octanol–water partition coefficient (Wildman–Crippen LogP) is 20.7. The van der Waals surface area contributed by atoms with Gasteiger partial charge in [0.2, 0.25) is 0 Å². The summed E-state index contributed by atoms with van der Waals surface area (Å²) in [5.41, 5.74) is 23.1. The van der Waals surface area contributed by atoms with Gasteiger partial charge < -0.3 is 9.80 Å². The van der Waals surface area contributed by atoms with Gasteiger partial charge in [0.1, 0.15) is 0 Å². The molecule has 0 unspecified atom stereocenters. The van der Waals surface area contributed by atoms with E-state index in [1.54, 1.807) is 6.92 Å². The fourth-order valence-electron chi connectivity index (χ4n) is 9.26. The second-order valence-corrected chi connectivity index (χ2v) is 18.6. The zero-order chi connectivity index (χ0) is 56.1. The van der Waals surface area contributed by atoms with E-state index < -0.39 is 0 Å². The number of terminal acetylenes is 1. The molecule has 0 aliphatic carbocycles. The summed E-state index contributed by atoms with van der Waals surface area (Å²) in [4.78, 5) is 4.93. The van der Waals surface area contributed by atoms with E-state index in [2.05, 4.69) is 253 Å². The van der Waals surface area contributed by atoms with E-state index in [0.29, 0.717) is 6.54 Å². The average Bonchev–Trinajstić information content (AvgIpc) is 3.52. The van der Waals surface area contributed by atoms with E-state index in [-0.39, 0.29) is 0 Å². The zero-order valence-electron chi connectivity index (χ0n) is 48.4. The van der Waals surface area contributed by atoms with Crippen molar-refractivity contribution in [2.24, 2.45) is 0 Å². The van der Waals surface area contributed by atoms with Gasteiger partial charge in [-0.05, 0) is 154 Å². The number of aryl methyl sites for hydroxylation is 4. The van der Waals surface area contributed by atoms with Crippen molar-refractivity contribution in [3.05, 3.63) is 310 Å². The Morgan fingerprint density at radius 2 is 1.16 bits per heavy atom. The van der Waals surface area contributed by atoms with Crippen LogP contribution in [0.3, 0.4) is 0 Å². The molecule has 0 bridgehead atoms. The van der Waals surface area contributed by atoms with E-state index >= 15 is 0 Å². The van der Waals surface area contributed by atoms with Crippen molar-refractivity contribution in [2.75, 3.05) is 22.9 Å². The van der Waals surface area contributed by atoms with Gasteiger partial charge in [0, 0.05) is 41.3 Å². The van der Waals surface area contributed by atoms with Crippen molar-refractivity contribution < 1.29 is 0 Å². The van der Waals surface area contributed by atoms with E-state index in [9.17, 15) is 0 Å². The quantitative estimate of drug-likeness (QED) is 0.105. The zero-order valence-corrected chi connectivity index (χ0v) is 48.4. The lowest BCUT2D eigenvalue weighted by Crippen LogP contribution is -2.31. The topological polar surface area (TPSA) is 6.48 Å². The van der Waals surface area contributed by atoms with E-state index in [1.807, 2.05) is 76.2 Å². The standard InChI is InChI=1S/C54H52N2.2C7H8.C3H4.2C2H6/c1-8-10-26-51-41(6)37-56(48-25-17-23-46(36-48)45-22-16-19-38(3)31-45)54(42(51)7)50(9-2)47-24-18-29-55(53-28-15-14-27-52(53)40(5)33-47)49-32-39(4)30-44(35-49)34-43-20-12-11-13-21-43;2*1-7-5-3-2-4-6-7;1-3-2;2*1-2/h8-28,30-33,35-36H,1,5,29,34,37H2,2-4,6-7H3;2*2-6H,1H3;1H,2H3;2*1-2H3/b24-18-,26-10-,47-33+,50-9-;;;;;. The Hall–Kier alpha value is -8.38. The maximum Gasteiger partial charge on any atom is 0.0525 e. The van der Waals surface area contributed by atoms with Crippen LogP contribution in [0.25, 0.3) is 16.7 Å². The molecule has 0 amide bonds. The molecular weight excluding hydrogens is 929 g/mol. The van der Waals surface area contributed by atoms with E-state index in [0.717, 1.165) is 41.1 Å². The van der Waals surface area contributed by atoms with Gasteiger partial charge in [-0.15, -0.1) is 12.3 Å². The molecule has 0 saturated carbocycles. The molecule has 394 valence electrons. The molecule has 2 aliphatic rings. The van der Waals surface area contributed by atoms with Crippen molar-refractivity contribution in [1.82, 2.24) is 0 Å². The second-order valence-electron chi connectivity index (χ2n) is 18.6. The molecule has 0 aromatic heterocycles. The Labute approximate surface area is 466 Å². The molecule has 0 saturated heterocycles. The number of para-hydroxylation sites is 1. The predicted molar refractivity (Wildman–Crippen MR) is 342 cm³/mol. The van der Waals surface area contributed by atoms with Crippen molar-refractivity contribution in [3.8, 4) is 23.5 Å². The smallest absolute Gasteiger partial charge is 0.0525 e. The van der Waals surface area contributed by atoms with Gasteiger partial charge in [0.25, 0.3) is 0 Å². The summed E-state index contributed by atoms with van der Waals surface area (Å²) in [6.45, 7) is 35.0. The second kappa shape index (κ2) is 32.8. The monoisotopic (exact) mass is 1010 g/mol. The molecule has 2 nitrogen and oxygen atoms in total. The van der Waals surface area contributed by atoms with Gasteiger partial charge in [-0.1, -0.05) is 246 Å². The van der Waals surface area contributed by atoms with Crippen LogP contribution in [0.1, 0.15) is 94.3 Å². The van der Waals surface area contributed by atoms with Crippen LogP contribution in [0.4, 0.5) is 17.1 Å². The van der Waals surface area contributed by atoms with Crippen LogP contribution in [-0.2, 0) is 6.42 Å². The Morgan fingerprint density at radius 1 is 0.597 bits per heavy atom. The fraction of sp³-hybridized carbons (Fsp3) is 0.200. The minimum Gasteiger partial charge on any atom is -0.337 e. The van der Waals surface area contributed by atoms with Crippen LogP contribution in [0, 0.1) is 40.0 Å². The number of anilines is 3. The third-order valence-electron chi connectivity index (χ3n) is 12.7. The lowest BCUT2D eigenvalue weighted by atomic mass is 9.87. The number of fused-ring (bicyclic) bond motifs is 1. The molecule has 2 aliphatic heterocycles. The van der Waals surface area contributed by atoms with Crippen molar-refractivity contribution in [1.29, 1.82) is 0 Å². The number of hydrogen-bond acceptors (Lipinski definition) is 2. The first-order valence-corrected chi connectivity index (χ1v) is 27.3. The third kappa shape index (κ3) is 18.2. The Kier molecular flexibility index (Phi) is 26.1. The first kappa shape index (κ1) is 61.2. The van der Waals surface area contributed by atoms with Crippen LogP contribution >= 0.6 is 0 Å². The Balaban J connectivity index is 0.000000513. The molecule has 9 rings (SSSR count). The van der Waals surface area contributed by atoms with Gasteiger partial charge in [-0.25, -0.2) is 0 Å². The molecule has 77 heavy (non-hydrogen) atoms. The number of rotatable bonds is 9. The maximum absolute atomic E-state index is 4.72. The van der Waals surface area contributed by atoms with Gasteiger partial charge in [0.05, 0.1) is 5.70 Å². The minimum absolute atomic E-state index is 0.708. The van der Waals surface area contributed by atoms with Gasteiger partial charge in [0.15, 0.2) is 0 Å². The number of benzene rings is 7. The molecule has 2 heterocycles. The van der Waals surface area contributed by atoms with Gasteiger partial charge in [-0.2, -0.15) is 0 Å². The highest BCUT2D eigenvalue weighted by molar-refractivity contribution is 5.87. The van der Waals surface area contributed by atoms with Crippen LogP contribution in [0.15, 0.2) is 271 Å². The normalized spacial score (nSPS) is 13.9. The summed E-state index contributed by atoms with van der Waals surface area (Å²) in [7, 11) is 0. The van der Waals surface area contributed by atoms with E-state index in [1.165, 1.54) is 78.2 Å². The summed E-state index contributed by atoms with van der Waals surface area (Å²) >= 11 is 0. The lowest BCUT2D eigenvalue weighted by Gasteiger charge is -2.36. The fourth-order valence-corrected chi connectivity index (χ4v) is 9.26. The van der Waals surface area contributed by atoms with Crippen molar-refractivity contribution in [3.63, 3.8) is 0 Å². The summed E-state index contributed by atoms with van der Waals surface area (Å²) in [6.07, 6.45) is 20.8. The highest BCUT2D eigenvalue weighted by Crippen LogP contribution is 2.42. The molecule has 7 aromatic carbocycles. The lowest BCUT2D eigenvalue weighted by molar-refractivity contribution is 0.922. The van der Waals surface area contributed by atoms with Gasteiger partial charge in [-0.3, -0.25) is 0 Å². The third-order valence-corrected chi connectivity index (χ3v) is 12.7. The van der Waals surface area contributed by atoms with Crippen LogP contribution in [0.2, 0.25) is 0 Å². The van der Waals surface area contributed by atoms with Gasteiger partial charge >= 0.3 is 0 Å². The number of allylic oxidation sites excluding steroid dienone is 10. The Morgan fingerprint density at radius 3 is 1.73 bits per heavy atom. The molecule has 0 fully saturated rings. The van der Waals surface area contributed by atoms with Crippen molar-refractivity contribution in [2.45, 2.75) is 89.5 Å². The van der Waals surface area contributed by atoms with E-state index in [4.69, 9.17) is 6.58 Å². The molecule has 2 heteroatoms. The Bertz CT molecular complexity index is 3160. The molecule has 0 radical (unpaired) electrons. The molecule has 0 spiro atoms. The summed E-state index contributed by atoms with van der Waals surface area (Å²) in [5, 5.41) is 0. The van der Waals surface area contributed by atoms with Crippen molar-refractivity contribution >= 4 is 22.6 Å². The summed E-state index contributed by atoms with van der Waals surface area (Å²) in [6, 6.07) is 64.6. The SMILES string of the molecule is C#CC.C=C/C=C\C1=C(C)CN(c2cccc(-c3cccc(C)c3)c2)C(C(=C\C)/C2=C/C(=C)c3ccccc3N(c3cc(C)cc(Cc4ccccc4)c3)C/C=C\2)=C1C.CC.CC.Cc1ccccc1.Cc1ccccc1.